The highest BCUT2D eigenvalue weighted by molar-refractivity contribution is 8.00. The Balaban J connectivity index is 1.51. The molecule has 0 unspecified atom stereocenters. The number of pyridine rings is 1. The average Bonchev–Trinajstić information content (AvgIpc) is 2.69. The Labute approximate surface area is 174 Å². The summed E-state index contributed by atoms with van der Waals surface area (Å²) in [4.78, 5) is 17.0. The molecule has 0 saturated carbocycles. The van der Waals surface area contributed by atoms with Gasteiger partial charge in [-0.3, -0.25) is 9.78 Å². The van der Waals surface area contributed by atoms with Crippen LogP contribution in [0.1, 0.15) is 5.56 Å². The number of thioether (sulfide) groups is 1. The first kappa shape index (κ1) is 19.9. The topological polar surface area (TPSA) is 66.0 Å². The second-order valence-electron chi connectivity index (χ2n) is 6.05. The van der Waals surface area contributed by atoms with Crippen LogP contribution in [0.15, 0.2) is 78.0 Å². The molecule has 0 atom stereocenters. The number of nitrogens with zero attached hydrogens (tertiary/aromatic N) is 1. The Morgan fingerprint density at radius 3 is 2.36 bits per heavy atom. The van der Waals surface area contributed by atoms with E-state index in [0.717, 1.165) is 22.0 Å². The fourth-order valence-corrected chi connectivity index (χ4v) is 3.37. The van der Waals surface area contributed by atoms with Crippen molar-refractivity contribution in [1.29, 1.82) is 0 Å². The van der Waals surface area contributed by atoms with Gasteiger partial charge >= 0.3 is 0 Å². The van der Waals surface area contributed by atoms with Gasteiger partial charge < -0.3 is 16.0 Å². The second-order valence-corrected chi connectivity index (χ2v) is 7.50. The minimum atomic E-state index is -0.0638. The average molecular weight is 409 g/mol. The first-order chi connectivity index (χ1) is 13.6. The molecule has 0 aliphatic heterocycles. The van der Waals surface area contributed by atoms with Gasteiger partial charge in [-0.05, 0) is 61.6 Å². The van der Waals surface area contributed by atoms with Crippen molar-refractivity contribution < 1.29 is 4.79 Å². The van der Waals surface area contributed by atoms with Gasteiger partial charge in [0.2, 0.25) is 5.91 Å². The zero-order valence-electron chi connectivity index (χ0n) is 15.3. The highest BCUT2D eigenvalue weighted by Gasteiger charge is 2.05. The number of carbonyl (C=O) groups excluding carboxylic acids is 1. The molecule has 0 aliphatic carbocycles. The quantitative estimate of drug-likeness (QED) is 0.397. The number of rotatable bonds is 6. The molecule has 0 fully saturated rings. The number of amides is 1. The van der Waals surface area contributed by atoms with Crippen molar-refractivity contribution in [3.8, 4) is 0 Å². The molecule has 3 rings (SSSR count). The molecule has 142 valence electrons. The highest BCUT2D eigenvalue weighted by Crippen LogP contribution is 2.22. The summed E-state index contributed by atoms with van der Waals surface area (Å²) in [6.07, 6.45) is 3.29. The van der Waals surface area contributed by atoms with Crippen LogP contribution in [0.25, 0.3) is 0 Å². The third-order valence-corrected chi connectivity index (χ3v) is 4.93. The number of carbonyl (C=O) groups is 1. The second kappa shape index (κ2) is 9.87. The van der Waals surface area contributed by atoms with E-state index in [1.165, 1.54) is 17.3 Å². The number of thiocarbonyl (C=S) groups is 1. The van der Waals surface area contributed by atoms with Crippen molar-refractivity contribution in [2.75, 3.05) is 21.7 Å². The lowest BCUT2D eigenvalue weighted by Crippen LogP contribution is -2.19. The molecule has 7 heteroatoms. The standard InChI is InChI=1S/C21H20N4OS2/c1-15-5-7-16(8-6-15)24-21(27)25-18-3-2-4-19(13-18)28-14-20(26)23-17-9-11-22-12-10-17/h2-13H,14H2,1H3,(H,22,23,26)(H2,24,25,27). The molecular formula is C21H20N4OS2. The molecule has 5 nitrogen and oxygen atoms in total. The van der Waals surface area contributed by atoms with Gasteiger partial charge in [0.15, 0.2) is 5.11 Å². The van der Waals surface area contributed by atoms with Crippen LogP contribution in [0.5, 0.6) is 0 Å². The van der Waals surface area contributed by atoms with E-state index in [4.69, 9.17) is 12.2 Å². The van der Waals surface area contributed by atoms with Crippen molar-refractivity contribution in [3.05, 3.63) is 78.6 Å². The van der Waals surface area contributed by atoms with Crippen LogP contribution >= 0.6 is 24.0 Å². The lowest BCUT2D eigenvalue weighted by molar-refractivity contribution is -0.113. The molecule has 0 aliphatic rings. The number of benzene rings is 2. The maximum Gasteiger partial charge on any atom is 0.234 e. The highest BCUT2D eigenvalue weighted by atomic mass is 32.2. The first-order valence-electron chi connectivity index (χ1n) is 8.66. The van der Waals surface area contributed by atoms with Gasteiger partial charge in [-0.2, -0.15) is 0 Å². The molecule has 0 saturated heterocycles. The lowest BCUT2D eigenvalue weighted by Gasteiger charge is -2.12. The van der Waals surface area contributed by atoms with Crippen molar-refractivity contribution in [2.45, 2.75) is 11.8 Å². The third-order valence-electron chi connectivity index (χ3n) is 3.74. The summed E-state index contributed by atoms with van der Waals surface area (Å²) in [5.41, 5.74) is 3.73. The minimum absolute atomic E-state index is 0.0638. The number of hydrogen-bond donors (Lipinski definition) is 3. The van der Waals surface area contributed by atoms with Gasteiger partial charge in [0.25, 0.3) is 0 Å². The number of nitrogens with one attached hydrogen (secondary N) is 3. The van der Waals surface area contributed by atoms with E-state index < -0.39 is 0 Å². The molecule has 1 heterocycles. The third kappa shape index (κ3) is 6.37. The zero-order valence-corrected chi connectivity index (χ0v) is 16.9. The minimum Gasteiger partial charge on any atom is -0.332 e. The van der Waals surface area contributed by atoms with Gasteiger partial charge in [-0.25, -0.2) is 0 Å². The molecule has 28 heavy (non-hydrogen) atoms. The normalized spacial score (nSPS) is 10.2. The zero-order chi connectivity index (χ0) is 19.8. The Bertz CT molecular complexity index is 946. The SMILES string of the molecule is Cc1ccc(NC(=S)Nc2cccc(SCC(=O)Nc3ccncc3)c2)cc1. The number of anilines is 3. The summed E-state index contributed by atoms with van der Waals surface area (Å²) < 4.78 is 0. The smallest absolute Gasteiger partial charge is 0.234 e. The summed E-state index contributed by atoms with van der Waals surface area (Å²) in [5, 5.41) is 9.69. The number of aryl methyl sites for hydroxylation is 1. The summed E-state index contributed by atoms with van der Waals surface area (Å²) in [6, 6.07) is 19.3. The summed E-state index contributed by atoms with van der Waals surface area (Å²) in [5.74, 6) is 0.254. The predicted octanol–water partition coefficient (Wildman–Crippen LogP) is 4.93. The largest absolute Gasteiger partial charge is 0.332 e. The van der Waals surface area contributed by atoms with Gasteiger partial charge in [0.1, 0.15) is 0 Å². The van der Waals surface area contributed by atoms with Crippen LogP contribution in [0, 0.1) is 6.92 Å². The van der Waals surface area contributed by atoms with Crippen LogP contribution in [-0.4, -0.2) is 21.8 Å². The van der Waals surface area contributed by atoms with Gasteiger partial charge in [-0.15, -0.1) is 11.8 Å². The number of hydrogen-bond acceptors (Lipinski definition) is 4. The van der Waals surface area contributed by atoms with E-state index in [2.05, 4.69) is 20.9 Å². The summed E-state index contributed by atoms with van der Waals surface area (Å²) >= 11 is 6.84. The molecule has 3 N–H and O–H groups in total. The molecule has 1 amide bonds. The van der Waals surface area contributed by atoms with E-state index in [1.807, 2.05) is 55.5 Å². The predicted molar refractivity (Wildman–Crippen MR) is 121 cm³/mol. The first-order valence-corrected chi connectivity index (χ1v) is 10.1. The molecule has 0 bridgehead atoms. The molecule has 2 aromatic carbocycles. The lowest BCUT2D eigenvalue weighted by atomic mass is 10.2. The van der Waals surface area contributed by atoms with Gasteiger partial charge in [0, 0.05) is 34.4 Å². The Morgan fingerprint density at radius 2 is 1.61 bits per heavy atom. The monoisotopic (exact) mass is 408 g/mol. The van der Waals surface area contributed by atoms with Crippen LogP contribution in [0.4, 0.5) is 17.1 Å². The van der Waals surface area contributed by atoms with E-state index in [0.29, 0.717) is 10.9 Å². The van der Waals surface area contributed by atoms with E-state index in [-0.39, 0.29) is 5.91 Å². The number of aromatic nitrogens is 1. The molecule has 0 radical (unpaired) electrons. The van der Waals surface area contributed by atoms with E-state index in [9.17, 15) is 4.79 Å². The molecule has 1 aromatic heterocycles. The van der Waals surface area contributed by atoms with Crippen LogP contribution in [0.3, 0.4) is 0 Å². The fourth-order valence-electron chi connectivity index (χ4n) is 2.38. The Morgan fingerprint density at radius 1 is 0.929 bits per heavy atom. The maximum absolute atomic E-state index is 12.1. The van der Waals surface area contributed by atoms with Crippen molar-refractivity contribution in [3.63, 3.8) is 0 Å². The molecule has 3 aromatic rings. The van der Waals surface area contributed by atoms with Crippen molar-refractivity contribution in [2.24, 2.45) is 0 Å². The Kier molecular flexibility index (Phi) is 7.00. The van der Waals surface area contributed by atoms with Crippen LogP contribution in [-0.2, 0) is 4.79 Å². The summed E-state index contributed by atoms with van der Waals surface area (Å²) in [6.45, 7) is 2.04. The Hall–Kier alpha value is -2.90. The van der Waals surface area contributed by atoms with Crippen molar-refractivity contribution >= 4 is 52.1 Å². The molecular weight excluding hydrogens is 388 g/mol. The molecule has 0 spiro atoms. The van der Waals surface area contributed by atoms with Crippen LogP contribution in [0.2, 0.25) is 0 Å². The van der Waals surface area contributed by atoms with Crippen molar-refractivity contribution in [1.82, 2.24) is 4.98 Å². The fraction of sp³-hybridized carbons (Fsp3) is 0.0952. The maximum atomic E-state index is 12.1. The van der Waals surface area contributed by atoms with Gasteiger partial charge in [0.05, 0.1) is 5.75 Å². The summed E-state index contributed by atoms with van der Waals surface area (Å²) in [7, 11) is 0. The van der Waals surface area contributed by atoms with E-state index in [1.54, 1.807) is 24.5 Å². The van der Waals surface area contributed by atoms with Crippen LogP contribution < -0.4 is 16.0 Å². The van der Waals surface area contributed by atoms with E-state index >= 15 is 0 Å². The van der Waals surface area contributed by atoms with Gasteiger partial charge in [-0.1, -0.05) is 23.8 Å².